The molecule has 5 rings (SSSR count). The molecule has 0 saturated heterocycles. The first kappa shape index (κ1) is 19.9. The fourth-order valence-corrected chi connectivity index (χ4v) is 4.11. The van der Waals surface area contributed by atoms with Gasteiger partial charge in [-0.1, -0.05) is 60.7 Å². The topological polar surface area (TPSA) is 52.5 Å². The molecule has 0 bridgehead atoms. The van der Waals surface area contributed by atoms with Crippen LogP contribution in [0.15, 0.2) is 84.9 Å². The van der Waals surface area contributed by atoms with E-state index in [0.717, 1.165) is 34.0 Å². The van der Waals surface area contributed by atoms with Crippen molar-refractivity contribution in [2.75, 3.05) is 6.79 Å². The van der Waals surface area contributed by atoms with Crippen LogP contribution in [0.3, 0.4) is 0 Å². The normalized spacial score (nSPS) is 13.1. The van der Waals surface area contributed by atoms with E-state index in [4.69, 9.17) is 9.47 Å². The second-order valence-corrected chi connectivity index (χ2v) is 7.87. The Labute approximate surface area is 187 Å². The molecular formula is C27H24N2O3. The lowest BCUT2D eigenvalue weighted by Crippen LogP contribution is -2.27. The predicted molar refractivity (Wildman–Crippen MR) is 124 cm³/mol. The summed E-state index contributed by atoms with van der Waals surface area (Å²) < 4.78 is 13.2. The van der Waals surface area contributed by atoms with Crippen molar-refractivity contribution in [2.24, 2.45) is 0 Å². The van der Waals surface area contributed by atoms with Crippen LogP contribution in [0.4, 0.5) is 0 Å². The molecule has 160 valence electrons. The summed E-state index contributed by atoms with van der Waals surface area (Å²) >= 11 is 0. The lowest BCUT2D eigenvalue weighted by Gasteiger charge is -2.15. The van der Waals surface area contributed by atoms with Gasteiger partial charge < -0.3 is 19.4 Å². The van der Waals surface area contributed by atoms with E-state index in [1.165, 1.54) is 0 Å². The summed E-state index contributed by atoms with van der Waals surface area (Å²) in [6.45, 7) is 4.19. The smallest absolute Gasteiger partial charge is 0.253 e. The Morgan fingerprint density at radius 3 is 2.34 bits per heavy atom. The molecule has 0 radical (unpaired) electrons. The van der Waals surface area contributed by atoms with Crippen molar-refractivity contribution in [3.63, 3.8) is 0 Å². The van der Waals surface area contributed by atoms with E-state index in [-0.39, 0.29) is 18.7 Å². The summed E-state index contributed by atoms with van der Waals surface area (Å²) in [6.07, 6.45) is 0. The van der Waals surface area contributed by atoms with Gasteiger partial charge in [0.1, 0.15) is 0 Å². The first-order chi connectivity index (χ1) is 15.6. The van der Waals surface area contributed by atoms with Crippen molar-refractivity contribution in [1.82, 2.24) is 9.88 Å². The number of hydrogen-bond donors (Lipinski definition) is 1. The minimum atomic E-state index is -0.101. The molecule has 0 saturated carbocycles. The number of amides is 1. The third-order valence-corrected chi connectivity index (χ3v) is 5.82. The molecule has 0 fully saturated rings. The molecule has 5 heteroatoms. The Bertz CT molecular complexity index is 1260. The molecule has 1 aliphatic heterocycles. The minimum Gasteiger partial charge on any atom is -0.454 e. The second-order valence-electron chi connectivity index (χ2n) is 7.87. The van der Waals surface area contributed by atoms with E-state index in [9.17, 15) is 4.79 Å². The summed E-state index contributed by atoms with van der Waals surface area (Å²) in [5.74, 6) is 1.34. The number of ether oxygens (including phenoxy) is 2. The standard InChI is InChI=1S/C27H24N2O3/c1-18(20-9-5-3-6-10-20)28-27(30)23-16-24(21-11-7-4-8-12-21)29(19(23)2)22-13-14-25-26(15-22)32-17-31-25/h3-16,18H,17H2,1-2H3,(H,28,30)/t18-/m0/s1. The van der Waals surface area contributed by atoms with Crippen LogP contribution in [0, 0.1) is 6.92 Å². The average molecular weight is 425 g/mol. The van der Waals surface area contributed by atoms with E-state index >= 15 is 0 Å². The first-order valence-corrected chi connectivity index (χ1v) is 10.7. The molecule has 5 nitrogen and oxygen atoms in total. The van der Waals surface area contributed by atoms with E-state index in [1.54, 1.807) is 0 Å². The van der Waals surface area contributed by atoms with Crippen LogP contribution < -0.4 is 14.8 Å². The molecule has 3 aromatic carbocycles. The molecular weight excluding hydrogens is 400 g/mol. The number of fused-ring (bicyclic) bond motifs is 1. The van der Waals surface area contributed by atoms with Gasteiger partial charge in [0.05, 0.1) is 17.3 Å². The fourth-order valence-electron chi connectivity index (χ4n) is 4.11. The van der Waals surface area contributed by atoms with Gasteiger partial charge in [0.25, 0.3) is 5.91 Å². The zero-order chi connectivity index (χ0) is 22.1. The molecule has 0 spiro atoms. The van der Waals surface area contributed by atoms with Crippen LogP contribution in [0.1, 0.15) is 34.6 Å². The number of nitrogens with zero attached hydrogens (tertiary/aromatic N) is 1. The molecule has 4 aromatic rings. The lowest BCUT2D eigenvalue weighted by molar-refractivity contribution is 0.0939. The van der Waals surface area contributed by atoms with E-state index < -0.39 is 0 Å². The SMILES string of the molecule is Cc1c(C(=O)N[C@@H](C)c2ccccc2)cc(-c2ccccc2)n1-c1ccc2c(c1)OCO2. The van der Waals surface area contributed by atoms with Crippen LogP contribution in [0.25, 0.3) is 16.9 Å². The van der Waals surface area contributed by atoms with Gasteiger partial charge in [0.2, 0.25) is 6.79 Å². The zero-order valence-corrected chi connectivity index (χ0v) is 18.0. The Hall–Kier alpha value is -3.99. The number of rotatable bonds is 5. The quantitative estimate of drug-likeness (QED) is 0.449. The molecule has 32 heavy (non-hydrogen) atoms. The van der Waals surface area contributed by atoms with Gasteiger partial charge in [-0.15, -0.1) is 0 Å². The molecule has 1 N–H and O–H groups in total. The number of hydrogen-bond acceptors (Lipinski definition) is 3. The highest BCUT2D eigenvalue weighted by molar-refractivity contribution is 5.97. The maximum Gasteiger partial charge on any atom is 0.253 e. The molecule has 0 unspecified atom stereocenters. The minimum absolute atomic E-state index is 0.0998. The molecule has 2 heterocycles. The monoisotopic (exact) mass is 424 g/mol. The maximum atomic E-state index is 13.3. The van der Waals surface area contributed by atoms with Gasteiger partial charge in [-0.05, 0) is 43.2 Å². The van der Waals surface area contributed by atoms with Gasteiger partial charge in [0.15, 0.2) is 11.5 Å². The van der Waals surface area contributed by atoms with Crippen molar-refractivity contribution >= 4 is 5.91 Å². The highest BCUT2D eigenvalue weighted by atomic mass is 16.7. The number of aromatic nitrogens is 1. The van der Waals surface area contributed by atoms with Crippen LogP contribution in [-0.4, -0.2) is 17.3 Å². The van der Waals surface area contributed by atoms with Crippen LogP contribution in [0.5, 0.6) is 11.5 Å². The largest absolute Gasteiger partial charge is 0.454 e. The predicted octanol–water partition coefficient (Wildman–Crippen LogP) is 5.67. The van der Waals surface area contributed by atoms with Crippen LogP contribution >= 0.6 is 0 Å². The van der Waals surface area contributed by atoms with Gasteiger partial charge >= 0.3 is 0 Å². The summed E-state index contributed by atoms with van der Waals surface area (Å²) in [6, 6.07) is 27.8. The molecule has 1 aromatic heterocycles. The summed E-state index contributed by atoms with van der Waals surface area (Å²) in [5.41, 5.74) is 5.46. The van der Waals surface area contributed by atoms with E-state index in [0.29, 0.717) is 11.3 Å². The Morgan fingerprint density at radius 1 is 0.906 bits per heavy atom. The highest BCUT2D eigenvalue weighted by Gasteiger charge is 2.22. The van der Waals surface area contributed by atoms with Crippen molar-refractivity contribution in [3.8, 4) is 28.4 Å². The number of carbonyl (C=O) groups is 1. The number of benzene rings is 3. The lowest BCUT2D eigenvalue weighted by atomic mass is 10.1. The van der Waals surface area contributed by atoms with Crippen LogP contribution in [-0.2, 0) is 0 Å². The zero-order valence-electron chi connectivity index (χ0n) is 18.0. The molecule has 0 aliphatic carbocycles. The number of nitrogens with one attached hydrogen (secondary N) is 1. The Balaban J connectivity index is 1.56. The van der Waals surface area contributed by atoms with E-state index in [2.05, 4.69) is 9.88 Å². The summed E-state index contributed by atoms with van der Waals surface area (Å²) in [7, 11) is 0. The third-order valence-electron chi connectivity index (χ3n) is 5.82. The number of carbonyl (C=O) groups excluding carboxylic acids is 1. The summed E-state index contributed by atoms with van der Waals surface area (Å²) in [4.78, 5) is 13.3. The highest BCUT2D eigenvalue weighted by Crippen LogP contribution is 2.37. The van der Waals surface area contributed by atoms with E-state index in [1.807, 2.05) is 98.8 Å². The first-order valence-electron chi connectivity index (χ1n) is 10.7. The third kappa shape index (κ3) is 3.62. The van der Waals surface area contributed by atoms with Crippen LogP contribution in [0.2, 0.25) is 0 Å². The van der Waals surface area contributed by atoms with Crippen molar-refractivity contribution < 1.29 is 14.3 Å². The van der Waals surface area contributed by atoms with Gasteiger partial charge in [0, 0.05) is 17.4 Å². The molecule has 1 amide bonds. The van der Waals surface area contributed by atoms with Crippen molar-refractivity contribution in [2.45, 2.75) is 19.9 Å². The van der Waals surface area contributed by atoms with Gasteiger partial charge in [-0.2, -0.15) is 0 Å². The maximum absolute atomic E-state index is 13.3. The van der Waals surface area contributed by atoms with Gasteiger partial charge in [-0.3, -0.25) is 4.79 Å². The van der Waals surface area contributed by atoms with Crippen molar-refractivity contribution in [3.05, 3.63) is 102 Å². The summed E-state index contributed by atoms with van der Waals surface area (Å²) in [5, 5.41) is 3.14. The molecule has 1 aliphatic rings. The Morgan fingerprint density at radius 2 is 1.59 bits per heavy atom. The Kier molecular flexibility index (Phi) is 5.15. The van der Waals surface area contributed by atoms with Crippen molar-refractivity contribution in [1.29, 1.82) is 0 Å². The fraction of sp³-hybridized carbons (Fsp3) is 0.148. The average Bonchev–Trinajstić information content (AvgIpc) is 3.44. The molecule has 1 atom stereocenters. The second kappa shape index (κ2) is 8.27. The van der Waals surface area contributed by atoms with Gasteiger partial charge in [-0.25, -0.2) is 0 Å².